The SMILES string of the molecule is Cc1cc(NCC2(O)CCC2)nc(-c2cccc([N+](=O)[O-])c2)n1. The van der Waals surface area contributed by atoms with Crippen molar-refractivity contribution in [3.63, 3.8) is 0 Å². The van der Waals surface area contributed by atoms with Crippen molar-refractivity contribution in [1.29, 1.82) is 0 Å². The van der Waals surface area contributed by atoms with Gasteiger partial charge in [-0.2, -0.15) is 0 Å². The van der Waals surface area contributed by atoms with Crippen LogP contribution in [-0.4, -0.2) is 32.1 Å². The number of nitrogens with zero attached hydrogens (tertiary/aromatic N) is 3. The summed E-state index contributed by atoms with van der Waals surface area (Å²) in [6.07, 6.45) is 2.63. The lowest BCUT2D eigenvalue weighted by Gasteiger charge is -2.36. The number of rotatable bonds is 5. The average Bonchev–Trinajstić information content (AvgIpc) is 2.50. The Morgan fingerprint density at radius 2 is 2.13 bits per heavy atom. The minimum atomic E-state index is -0.648. The van der Waals surface area contributed by atoms with Gasteiger partial charge in [0, 0.05) is 36.0 Å². The third-order valence-corrected chi connectivity index (χ3v) is 4.05. The lowest BCUT2D eigenvalue weighted by atomic mass is 9.80. The number of hydrogen-bond donors (Lipinski definition) is 2. The average molecular weight is 314 g/mol. The van der Waals surface area contributed by atoms with Crippen molar-refractivity contribution >= 4 is 11.5 Å². The number of aliphatic hydroxyl groups is 1. The Morgan fingerprint density at radius 1 is 1.35 bits per heavy atom. The summed E-state index contributed by atoms with van der Waals surface area (Å²) < 4.78 is 0. The molecule has 7 heteroatoms. The highest BCUT2D eigenvalue weighted by Crippen LogP contribution is 2.31. The van der Waals surface area contributed by atoms with Crippen LogP contribution in [-0.2, 0) is 0 Å². The van der Waals surface area contributed by atoms with Crippen LogP contribution in [0.15, 0.2) is 30.3 Å². The van der Waals surface area contributed by atoms with Gasteiger partial charge in [-0.25, -0.2) is 9.97 Å². The summed E-state index contributed by atoms with van der Waals surface area (Å²) in [5.41, 5.74) is 0.702. The Kier molecular flexibility index (Phi) is 3.96. The van der Waals surface area contributed by atoms with Crippen LogP contribution in [0.2, 0.25) is 0 Å². The molecule has 1 heterocycles. The van der Waals surface area contributed by atoms with Gasteiger partial charge in [-0.15, -0.1) is 0 Å². The van der Waals surface area contributed by atoms with Gasteiger partial charge in [0.25, 0.3) is 5.69 Å². The number of nitro groups is 1. The van der Waals surface area contributed by atoms with Gasteiger partial charge in [0.15, 0.2) is 5.82 Å². The van der Waals surface area contributed by atoms with Crippen LogP contribution in [0.1, 0.15) is 25.0 Å². The normalized spacial score (nSPS) is 15.7. The van der Waals surface area contributed by atoms with Crippen LogP contribution in [0.25, 0.3) is 11.4 Å². The van der Waals surface area contributed by atoms with Crippen molar-refractivity contribution in [2.45, 2.75) is 31.8 Å². The summed E-state index contributed by atoms with van der Waals surface area (Å²) in [7, 11) is 0. The van der Waals surface area contributed by atoms with E-state index in [0.717, 1.165) is 25.0 Å². The first-order chi connectivity index (χ1) is 11.0. The van der Waals surface area contributed by atoms with E-state index >= 15 is 0 Å². The minimum absolute atomic E-state index is 0.00546. The minimum Gasteiger partial charge on any atom is -0.388 e. The molecule has 1 aromatic heterocycles. The molecule has 23 heavy (non-hydrogen) atoms. The number of benzene rings is 1. The second-order valence-corrected chi connectivity index (χ2v) is 5.96. The van der Waals surface area contributed by atoms with Crippen molar-refractivity contribution in [1.82, 2.24) is 9.97 Å². The van der Waals surface area contributed by atoms with E-state index in [9.17, 15) is 15.2 Å². The quantitative estimate of drug-likeness (QED) is 0.650. The molecule has 3 rings (SSSR count). The Morgan fingerprint density at radius 3 is 2.78 bits per heavy atom. The fraction of sp³-hybridized carbons (Fsp3) is 0.375. The van der Waals surface area contributed by atoms with E-state index in [4.69, 9.17) is 0 Å². The van der Waals surface area contributed by atoms with Gasteiger partial charge >= 0.3 is 0 Å². The molecule has 0 spiro atoms. The van der Waals surface area contributed by atoms with E-state index < -0.39 is 10.5 Å². The second kappa shape index (κ2) is 5.92. The van der Waals surface area contributed by atoms with Crippen LogP contribution in [0.5, 0.6) is 0 Å². The number of hydrogen-bond acceptors (Lipinski definition) is 6. The second-order valence-electron chi connectivity index (χ2n) is 5.96. The monoisotopic (exact) mass is 314 g/mol. The van der Waals surface area contributed by atoms with Gasteiger partial charge in [0.2, 0.25) is 0 Å². The maximum absolute atomic E-state index is 10.9. The Bertz CT molecular complexity index is 744. The molecule has 0 aliphatic heterocycles. The molecule has 1 fully saturated rings. The van der Waals surface area contributed by atoms with Crippen LogP contribution in [0, 0.1) is 17.0 Å². The highest BCUT2D eigenvalue weighted by Gasteiger charge is 2.34. The van der Waals surface area contributed by atoms with E-state index in [-0.39, 0.29) is 5.69 Å². The van der Waals surface area contributed by atoms with Crippen molar-refractivity contribution in [3.8, 4) is 11.4 Å². The van der Waals surface area contributed by atoms with E-state index in [2.05, 4.69) is 15.3 Å². The molecular formula is C16H18N4O3. The zero-order valence-electron chi connectivity index (χ0n) is 12.8. The van der Waals surface area contributed by atoms with Crippen molar-refractivity contribution < 1.29 is 10.0 Å². The molecule has 0 bridgehead atoms. The van der Waals surface area contributed by atoms with Gasteiger partial charge in [0.05, 0.1) is 10.5 Å². The molecule has 0 saturated heterocycles. The number of nitrogens with one attached hydrogen (secondary N) is 1. The van der Waals surface area contributed by atoms with E-state index in [1.165, 1.54) is 12.1 Å². The zero-order valence-corrected chi connectivity index (χ0v) is 12.8. The predicted molar refractivity (Wildman–Crippen MR) is 86.1 cm³/mol. The van der Waals surface area contributed by atoms with Crippen LogP contribution >= 0.6 is 0 Å². The Balaban J connectivity index is 1.85. The molecule has 120 valence electrons. The number of nitro benzene ring substituents is 1. The smallest absolute Gasteiger partial charge is 0.270 e. The van der Waals surface area contributed by atoms with Gasteiger partial charge < -0.3 is 10.4 Å². The molecule has 2 aromatic rings. The molecule has 2 N–H and O–H groups in total. The van der Waals surface area contributed by atoms with Gasteiger partial charge in [0.1, 0.15) is 5.82 Å². The first kappa shape index (κ1) is 15.4. The Labute approximate surface area is 133 Å². The largest absolute Gasteiger partial charge is 0.388 e. The van der Waals surface area contributed by atoms with E-state index in [1.807, 2.05) is 6.92 Å². The van der Waals surface area contributed by atoms with Crippen molar-refractivity contribution in [2.24, 2.45) is 0 Å². The number of aryl methyl sites for hydroxylation is 1. The standard InChI is InChI=1S/C16H18N4O3/c1-11-8-14(17-10-16(21)6-3-7-16)19-15(18-11)12-4-2-5-13(9-12)20(22)23/h2,4-5,8-9,21H,3,6-7,10H2,1H3,(H,17,18,19). The van der Waals surface area contributed by atoms with Gasteiger partial charge in [-0.3, -0.25) is 10.1 Å². The highest BCUT2D eigenvalue weighted by atomic mass is 16.6. The lowest BCUT2D eigenvalue weighted by molar-refractivity contribution is -0.384. The molecular weight excluding hydrogens is 296 g/mol. The summed E-state index contributed by atoms with van der Waals surface area (Å²) in [6.45, 7) is 2.28. The molecule has 1 aromatic carbocycles. The predicted octanol–water partition coefficient (Wildman–Crippen LogP) is 2.69. The fourth-order valence-corrected chi connectivity index (χ4v) is 2.56. The molecule has 1 saturated carbocycles. The van der Waals surface area contributed by atoms with Crippen molar-refractivity contribution in [3.05, 3.63) is 46.1 Å². The molecule has 1 aliphatic rings. The maximum Gasteiger partial charge on any atom is 0.270 e. The number of non-ortho nitro benzene ring substituents is 1. The van der Waals surface area contributed by atoms with E-state index in [1.54, 1.807) is 18.2 Å². The third-order valence-electron chi connectivity index (χ3n) is 4.05. The summed E-state index contributed by atoms with van der Waals surface area (Å²) in [5, 5.41) is 24.2. The summed E-state index contributed by atoms with van der Waals surface area (Å²) in [5.74, 6) is 1.04. The topological polar surface area (TPSA) is 101 Å². The molecule has 0 atom stereocenters. The lowest BCUT2D eigenvalue weighted by Crippen LogP contribution is -2.43. The van der Waals surface area contributed by atoms with Crippen LogP contribution < -0.4 is 5.32 Å². The molecule has 0 unspecified atom stereocenters. The van der Waals surface area contributed by atoms with Gasteiger partial charge in [-0.1, -0.05) is 12.1 Å². The maximum atomic E-state index is 10.9. The highest BCUT2D eigenvalue weighted by molar-refractivity contribution is 5.61. The van der Waals surface area contributed by atoms with Gasteiger partial charge in [-0.05, 0) is 26.2 Å². The fourth-order valence-electron chi connectivity index (χ4n) is 2.56. The number of aromatic nitrogens is 2. The first-order valence-electron chi connectivity index (χ1n) is 7.52. The van der Waals surface area contributed by atoms with Crippen molar-refractivity contribution in [2.75, 3.05) is 11.9 Å². The molecule has 0 radical (unpaired) electrons. The molecule has 7 nitrogen and oxygen atoms in total. The third kappa shape index (κ3) is 3.45. The number of anilines is 1. The van der Waals surface area contributed by atoms with Crippen LogP contribution in [0.4, 0.5) is 11.5 Å². The zero-order chi connectivity index (χ0) is 16.4. The summed E-state index contributed by atoms with van der Waals surface area (Å²) >= 11 is 0. The summed E-state index contributed by atoms with van der Waals surface area (Å²) in [4.78, 5) is 19.2. The first-order valence-corrected chi connectivity index (χ1v) is 7.52. The molecule has 0 amide bonds. The Hall–Kier alpha value is -2.54. The van der Waals surface area contributed by atoms with E-state index in [0.29, 0.717) is 23.8 Å². The summed E-state index contributed by atoms with van der Waals surface area (Å²) in [6, 6.07) is 8.04. The van der Waals surface area contributed by atoms with Crippen LogP contribution in [0.3, 0.4) is 0 Å². The molecule has 1 aliphatic carbocycles.